The highest BCUT2D eigenvalue weighted by atomic mass is 32.1. The van der Waals surface area contributed by atoms with Crippen molar-refractivity contribution in [1.29, 1.82) is 0 Å². The first-order valence-corrected chi connectivity index (χ1v) is 6.56. The first-order chi connectivity index (χ1) is 7.72. The summed E-state index contributed by atoms with van der Waals surface area (Å²) in [6.45, 7) is -0.0358. The van der Waals surface area contributed by atoms with Gasteiger partial charge in [0.1, 0.15) is 12.2 Å². The molecule has 0 amide bonds. The Kier molecular flexibility index (Phi) is 3.73. The number of thiophene rings is 2. The molecular formula is C11H12O3S2. The Morgan fingerprint density at radius 2 is 1.94 bits per heavy atom. The fourth-order valence-electron chi connectivity index (χ4n) is 1.42. The topological polar surface area (TPSA) is 60.7 Å². The molecule has 0 saturated heterocycles. The summed E-state index contributed by atoms with van der Waals surface area (Å²) in [6, 6.07) is 5.28. The summed E-state index contributed by atoms with van der Waals surface area (Å²) in [7, 11) is 0. The number of hydrogen-bond donors (Lipinski definition) is 3. The van der Waals surface area contributed by atoms with E-state index in [9.17, 15) is 10.2 Å². The molecular weight excluding hydrogens is 244 g/mol. The molecule has 2 rings (SSSR count). The molecule has 86 valence electrons. The van der Waals surface area contributed by atoms with Crippen molar-refractivity contribution in [2.75, 3.05) is 0 Å². The van der Waals surface area contributed by atoms with Crippen LogP contribution in [0.3, 0.4) is 0 Å². The first-order valence-electron chi connectivity index (χ1n) is 4.80. The Balaban J connectivity index is 2.15. The van der Waals surface area contributed by atoms with Crippen molar-refractivity contribution in [3.05, 3.63) is 44.3 Å². The average Bonchev–Trinajstić information content (AvgIpc) is 2.97. The second-order valence-corrected chi connectivity index (χ2v) is 5.39. The molecule has 2 atom stereocenters. The second-order valence-electron chi connectivity index (χ2n) is 3.41. The van der Waals surface area contributed by atoms with E-state index in [1.165, 1.54) is 22.7 Å². The molecule has 0 aliphatic carbocycles. The molecule has 0 aliphatic rings. The van der Waals surface area contributed by atoms with E-state index in [4.69, 9.17) is 5.11 Å². The van der Waals surface area contributed by atoms with E-state index in [1.807, 2.05) is 10.8 Å². The third kappa shape index (κ3) is 2.34. The molecule has 0 aromatic carbocycles. The van der Waals surface area contributed by atoms with Gasteiger partial charge in [-0.3, -0.25) is 0 Å². The lowest BCUT2D eigenvalue weighted by atomic mass is 10.1. The van der Waals surface area contributed by atoms with E-state index in [2.05, 4.69) is 0 Å². The Morgan fingerprint density at radius 1 is 1.12 bits per heavy atom. The van der Waals surface area contributed by atoms with Crippen LogP contribution in [0.25, 0.3) is 0 Å². The van der Waals surface area contributed by atoms with Crippen molar-refractivity contribution in [1.82, 2.24) is 0 Å². The predicted octanol–water partition coefficient (Wildman–Crippen LogP) is 2.07. The molecule has 0 bridgehead atoms. The summed E-state index contributed by atoms with van der Waals surface area (Å²) in [4.78, 5) is 1.45. The van der Waals surface area contributed by atoms with Crippen LogP contribution in [-0.2, 0) is 6.61 Å². The highest BCUT2D eigenvalue weighted by molar-refractivity contribution is 7.12. The molecule has 2 aromatic heterocycles. The van der Waals surface area contributed by atoms with E-state index >= 15 is 0 Å². The number of aliphatic hydroxyl groups is 3. The van der Waals surface area contributed by atoms with Gasteiger partial charge in [-0.2, -0.15) is 11.3 Å². The maximum atomic E-state index is 9.95. The Morgan fingerprint density at radius 3 is 2.50 bits per heavy atom. The van der Waals surface area contributed by atoms with E-state index < -0.39 is 12.2 Å². The Labute approximate surface area is 101 Å². The Bertz CT molecular complexity index is 436. The molecule has 16 heavy (non-hydrogen) atoms. The van der Waals surface area contributed by atoms with Gasteiger partial charge in [0.15, 0.2) is 0 Å². The zero-order valence-corrected chi connectivity index (χ0v) is 10.0. The molecule has 5 heteroatoms. The van der Waals surface area contributed by atoms with Gasteiger partial charge < -0.3 is 15.3 Å². The molecule has 2 unspecified atom stereocenters. The second kappa shape index (κ2) is 5.07. The largest absolute Gasteiger partial charge is 0.391 e. The minimum absolute atomic E-state index is 0.0358. The number of rotatable bonds is 4. The van der Waals surface area contributed by atoms with E-state index in [1.54, 1.807) is 18.2 Å². The van der Waals surface area contributed by atoms with Crippen molar-refractivity contribution >= 4 is 22.7 Å². The van der Waals surface area contributed by atoms with Gasteiger partial charge in [-0.1, -0.05) is 0 Å². The van der Waals surface area contributed by atoms with Crippen LogP contribution < -0.4 is 0 Å². The van der Waals surface area contributed by atoms with Gasteiger partial charge in [0.05, 0.1) is 6.61 Å². The van der Waals surface area contributed by atoms with Gasteiger partial charge in [-0.05, 0) is 34.5 Å². The van der Waals surface area contributed by atoms with Crippen molar-refractivity contribution in [3.63, 3.8) is 0 Å². The highest BCUT2D eigenvalue weighted by Crippen LogP contribution is 2.33. The quantitative estimate of drug-likeness (QED) is 0.785. The minimum Gasteiger partial charge on any atom is -0.391 e. The highest BCUT2D eigenvalue weighted by Gasteiger charge is 2.21. The summed E-state index contributed by atoms with van der Waals surface area (Å²) in [5, 5.41) is 32.5. The summed E-state index contributed by atoms with van der Waals surface area (Å²) in [6.07, 6.45) is -1.84. The van der Waals surface area contributed by atoms with E-state index in [-0.39, 0.29) is 6.61 Å². The Hall–Kier alpha value is -0.720. The van der Waals surface area contributed by atoms with Gasteiger partial charge in [0.2, 0.25) is 0 Å². The summed E-state index contributed by atoms with van der Waals surface area (Å²) in [5.41, 5.74) is 0.719. The van der Waals surface area contributed by atoms with Gasteiger partial charge in [-0.15, -0.1) is 11.3 Å². The normalized spacial score (nSPS) is 14.9. The van der Waals surface area contributed by atoms with Gasteiger partial charge in [-0.25, -0.2) is 0 Å². The van der Waals surface area contributed by atoms with Crippen molar-refractivity contribution in [2.45, 2.75) is 18.8 Å². The third-order valence-corrected chi connectivity index (χ3v) is 4.16. The minimum atomic E-state index is -0.931. The number of hydrogen-bond acceptors (Lipinski definition) is 5. The standard InChI is InChI=1S/C11H12O3S2/c12-5-8-1-2-9(16-8)11(14)10(13)7-3-4-15-6-7/h1-4,6,10-14H,5H2. The predicted molar refractivity (Wildman–Crippen MR) is 64.5 cm³/mol. The van der Waals surface area contributed by atoms with Gasteiger partial charge >= 0.3 is 0 Å². The number of aliphatic hydroxyl groups excluding tert-OH is 3. The smallest absolute Gasteiger partial charge is 0.118 e. The van der Waals surface area contributed by atoms with E-state index in [0.717, 1.165) is 10.4 Å². The molecule has 3 N–H and O–H groups in total. The molecule has 0 saturated carbocycles. The van der Waals surface area contributed by atoms with Crippen LogP contribution in [0.1, 0.15) is 27.5 Å². The van der Waals surface area contributed by atoms with Crippen LogP contribution in [0.5, 0.6) is 0 Å². The van der Waals surface area contributed by atoms with Crippen LogP contribution in [0.15, 0.2) is 29.0 Å². The van der Waals surface area contributed by atoms with Crippen LogP contribution in [0.4, 0.5) is 0 Å². The monoisotopic (exact) mass is 256 g/mol. The molecule has 0 fully saturated rings. The molecule has 3 nitrogen and oxygen atoms in total. The summed E-state index contributed by atoms with van der Waals surface area (Å²) >= 11 is 2.79. The molecule has 0 spiro atoms. The van der Waals surface area contributed by atoms with Gasteiger partial charge in [0.25, 0.3) is 0 Å². The summed E-state index contributed by atoms with van der Waals surface area (Å²) < 4.78 is 0. The van der Waals surface area contributed by atoms with Crippen molar-refractivity contribution < 1.29 is 15.3 Å². The molecule has 2 heterocycles. The lowest BCUT2D eigenvalue weighted by Gasteiger charge is -2.15. The fraction of sp³-hybridized carbons (Fsp3) is 0.273. The van der Waals surface area contributed by atoms with Gasteiger partial charge in [0, 0.05) is 9.75 Å². The zero-order chi connectivity index (χ0) is 11.5. The molecule has 0 radical (unpaired) electrons. The lowest BCUT2D eigenvalue weighted by molar-refractivity contribution is 0.0197. The zero-order valence-electron chi connectivity index (χ0n) is 8.41. The SMILES string of the molecule is OCc1ccc(C(O)C(O)c2ccsc2)s1. The van der Waals surface area contributed by atoms with Crippen LogP contribution in [0, 0.1) is 0 Å². The lowest BCUT2D eigenvalue weighted by Crippen LogP contribution is -2.07. The maximum Gasteiger partial charge on any atom is 0.118 e. The van der Waals surface area contributed by atoms with Crippen LogP contribution in [-0.4, -0.2) is 15.3 Å². The molecule has 0 aliphatic heterocycles. The average molecular weight is 256 g/mol. The van der Waals surface area contributed by atoms with E-state index in [0.29, 0.717) is 4.88 Å². The van der Waals surface area contributed by atoms with Crippen molar-refractivity contribution in [2.24, 2.45) is 0 Å². The fourth-order valence-corrected chi connectivity index (χ4v) is 3.00. The van der Waals surface area contributed by atoms with Crippen LogP contribution in [0.2, 0.25) is 0 Å². The molecule has 2 aromatic rings. The first kappa shape index (κ1) is 11.8. The summed E-state index contributed by atoms with van der Waals surface area (Å²) in [5.74, 6) is 0. The maximum absolute atomic E-state index is 9.95. The third-order valence-electron chi connectivity index (χ3n) is 2.31. The van der Waals surface area contributed by atoms with Crippen molar-refractivity contribution in [3.8, 4) is 0 Å². The van der Waals surface area contributed by atoms with Crippen LogP contribution >= 0.6 is 22.7 Å².